The molecule has 2 saturated heterocycles. The van der Waals surface area contributed by atoms with Gasteiger partial charge in [0, 0.05) is 36.0 Å². The third-order valence-corrected chi connectivity index (χ3v) is 5.26. The molecule has 2 N–H and O–H groups in total. The Kier molecular flexibility index (Phi) is 5.89. The van der Waals surface area contributed by atoms with Gasteiger partial charge in [-0.15, -0.1) is 12.4 Å². The molecule has 138 valence electrons. The first-order chi connectivity index (χ1) is 12.2. The quantitative estimate of drug-likeness (QED) is 0.858. The fraction of sp³-hybridized carbons (Fsp3) is 0.450. The van der Waals surface area contributed by atoms with E-state index in [0.29, 0.717) is 24.4 Å². The van der Waals surface area contributed by atoms with E-state index in [1.807, 2.05) is 37.3 Å². The lowest BCUT2D eigenvalue weighted by Crippen LogP contribution is -2.39. The number of amides is 1. The number of fused-ring (bicyclic) bond motifs is 2. The summed E-state index contributed by atoms with van der Waals surface area (Å²) in [6.45, 7) is 1.88. The maximum Gasteiger partial charge on any atom is 0.224 e. The summed E-state index contributed by atoms with van der Waals surface area (Å²) < 4.78 is 0. The number of benzene rings is 1. The third-order valence-electron chi connectivity index (χ3n) is 5.26. The van der Waals surface area contributed by atoms with Crippen LogP contribution in [0.25, 0.3) is 11.3 Å². The van der Waals surface area contributed by atoms with Gasteiger partial charge in [-0.1, -0.05) is 12.1 Å². The van der Waals surface area contributed by atoms with Gasteiger partial charge in [0.25, 0.3) is 0 Å². The Labute approximate surface area is 160 Å². The minimum Gasteiger partial charge on any atom is -0.326 e. The molecule has 2 atom stereocenters. The zero-order valence-electron chi connectivity index (χ0n) is 14.9. The van der Waals surface area contributed by atoms with E-state index in [4.69, 9.17) is 0 Å². The first-order valence-corrected chi connectivity index (χ1v) is 9.12. The van der Waals surface area contributed by atoms with Crippen molar-refractivity contribution >= 4 is 24.0 Å². The summed E-state index contributed by atoms with van der Waals surface area (Å²) in [7, 11) is 0. The van der Waals surface area contributed by atoms with Crippen LogP contribution in [0.1, 0.15) is 37.9 Å². The summed E-state index contributed by atoms with van der Waals surface area (Å²) in [5.41, 5.74) is 2.69. The number of hydrogen-bond donors (Lipinski definition) is 2. The van der Waals surface area contributed by atoms with Crippen molar-refractivity contribution in [2.75, 3.05) is 5.32 Å². The molecule has 2 aliphatic rings. The number of aromatic nitrogens is 2. The summed E-state index contributed by atoms with van der Waals surface area (Å²) in [5.74, 6) is 1.36. The molecule has 2 fully saturated rings. The summed E-state index contributed by atoms with van der Waals surface area (Å²) in [6, 6.07) is 11.0. The van der Waals surface area contributed by atoms with Crippen molar-refractivity contribution in [1.82, 2.24) is 15.3 Å². The SMILES string of the molecule is Cc1nccc(-c2cccc(NC(=O)CC3CC4CCC(C3)N4)c2)n1.Cl. The van der Waals surface area contributed by atoms with Crippen LogP contribution >= 0.6 is 12.4 Å². The van der Waals surface area contributed by atoms with Crippen molar-refractivity contribution in [2.45, 2.75) is 51.1 Å². The average molecular weight is 373 g/mol. The molecule has 0 saturated carbocycles. The maximum absolute atomic E-state index is 12.5. The Hall–Kier alpha value is -1.98. The van der Waals surface area contributed by atoms with Crippen LogP contribution in [0.15, 0.2) is 36.5 Å². The lowest BCUT2D eigenvalue weighted by atomic mass is 9.89. The van der Waals surface area contributed by atoms with Crippen molar-refractivity contribution < 1.29 is 4.79 Å². The Balaban J connectivity index is 0.00000196. The number of anilines is 1. The molecule has 0 spiro atoms. The van der Waals surface area contributed by atoms with Gasteiger partial charge in [-0.3, -0.25) is 4.79 Å². The molecular formula is C20H25ClN4O. The monoisotopic (exact) mass is 372 g/mol. The third kappa shape index (κ3) is 4.40. The van der Waals surface area contributed by atoms with Crippen molar-refractivity contribution in [3.8, 4) is 11.3 Å². The Bertz CT molecular complexity index is 770. The summed E-state index contributed by atoms with van der Waals surface area (Å²) in [6.07, 6.45) is 7.17. The van der Waals surface area contributed by atoms with E-state index in [0.717, 1.165) is 35.6 Å². The van der Waals surface area contributed by atoms with Crippen LogP contribution in [0.5, 0.6) is 0 Å². The normalized spacial score (nSPS) is 24.0. The van der Waals surface area contributed by atoms with Crippen LogP contribution in [-0.4, -0.2) is 28.0 Å². The number of carbonyl (C=O) groups excluding carboxylic acids is 1. The van der Waals surface area contributed by atoms with Crippen LogP contribution in [-0.2, 0) is 4.79 Å². The van der Waals surface area contributed by atoms with Gasteiger partial charge in [0.2, 0.25) is 5.91 Å². The lowest BCUT2D eigenvalue weighted by molar-refractivity contribution is -0.117. The Morgan fingerprint density at radius 1 is 1.23 bits per heavy atom. The number of carbonyl (C=O) groups is 1. The smallest absolute Gasteiger partial charge is 0.224 e. The number of nitrogens with zero attached hydrogens (tertiary/aromatic N) is 2. The molecule has 1 amide bonds. The van der Waals surface area contributed by atoms with Gasteiger partial charge >= 0.3 is 0 Å². The first-order valence-electron chi connectivity index (χ1n) is 9.12. The Morgan fingerprint density at radius 2 is 2.00 bits per heavy atom. The minimum absolute atomic E-state index is 0. The maximum atomic E-state index is 12.5. The molecule has 26 heavy (non-hydrogen) atoms. The van der Waals surface area contributed by atoms with Gasteiger partial charge in [-0.25, -0.2) is 9.97 Å². The summed E-state index contributed by atoms with van der Waals surface area (Å²) in [4.78, 5) is 21.0. The topological polar surface area (TPSA) is 66.9 Å². The molecule has 1 aromatic carbocycles. The zero-order chi connectivity index (χ0) is 17.2. The number of hydrogen-bond acceptors (Lipinski definition) is 4. The first kappa shape index (κ1) is 18.8. The second-order valence-corrected chi connectivity index (χ2v) is 7.30. The highest BCUT2D eigenvalue weighted by Gasteiger charge is 2.34. The van der Waals surface area contributed by atoms with E-state index in [2.05, 4.69) is 20.6 Å². The van der Waals surface area contributed by atoms with E-state index in [-0.39, 0.29) is 18.3 Å². The van der Waals surface area contributed by atoms with Crippen LogP contribution in [0.4, 0.5) is 5.69 Å². The van der Waals surface area contributed by atoms with Gasteiger partial charge in [0.15, 0.2) is 0 Å². The molecule has 6 heteroatoms. The molecule has 2 bridgehead atoms. The number of rotatable bonds is 4. The van der Waals surface area contributed by atoms with Crippen molar-refractivity contribution in [1.29, 1.82) is 0 Å². The summed E-state index contributed by atoms with van der Waals surface area (Å²) in [5, 5.41) is 6.69. The van der Waals surface area contributed by atoms with E-state index in [1.54, 1.807) is 6.20 Å². The average Bonchev–Trinajstić information content (AvgIpc) is 2.93. The highest BCUT2D eigenvalue weighted by atomic mass is 35.5. The van der Waals surface area contributed by atoms with Crippen LogP contribution < -0.4 is 10.6 Å². The van der Waals surface area contributed by atoms with Crippen LogP contribution in [0.3, 0.4) is 0 Å². The van der Waals surface area contributed by atoms with Gasteiger partial charge < -0.3 is 10.6 Å². The molecule has 2 aromatic rings. The number of nitrogens with one attached hydrogen (secondary N) is 2. The predicted molar refractivity (Wildman–Crippen MR) is 105 cm³/mol. The zero-order valence-corrected chi connectivity index (χ0v) is 15.8. The van der Waals surface area contributed by atoms with E-state index in [1.165, 1.54) is 12.8 Å². The highest BCUT2D eigenvalue weighted by Crippen LogP contribution is 2.33. The van der Waals surface area contributed by atoms with Crippen molar-refractivity contribution in [3.63, 3.8) is 0 Å². The number of piperidine rings is 1. The van der Waals surface area contributed by atoms with E-state index < -0.39 is 0 Å². The molecule has 2 unspecified atom stereocenters. The van der Waals surface area contributed by atoms with Gasteiger partial charge in [0.1, 0.15) is 5.82 Å². The van der Waals surface area contributed by atoms with E-state index >= 15 is 0 Å². The highest BCUT2D eigenvalue weighted by molar-refractivity contribution is 5.91. The van der Waals surface area contributed by atoms with E-state index in [9.17, 15) is 4.79 Å². The standard InChI is InChI=1S/C20H24N4O.ClH/c1-13-21-8-7-19(22-13)15-3-2-4-16(12-15)24-20(25)11-14-9-17-5-6-18(10-14)23-17;/h2-4,7-8,12,14,17-18,23H,5-6,9-11H2,1H3,(H,24,25);1H. The van der Waals surface area contributed by atoms with Crippen LogP contribution in [0, 0.1) is 12.8 Å². The predicted octanol–water partition coefficient (Wildman–Crippen LogP) is 3.73. The molecule has 4 rings (SSSR count). The lowest BCUT2D eigenvalue weighted by Gasteiger charge is -2.28. The second-order valence-electron chi connectivity index (χ2n) is 7.30. The van der Waals surface area contributed by atoms with Crippen molar-refractivity contribution in [2.24, 2.45) is 5.92 Å². The molecule has 2 aliphatic heterocycles. The molecule has 0 aliphatic carbocycles. The largest absolute Gasteiger partial charge is 0.326 e. The molecule has 3 heterocycles. The number of halogens is 1. The second kappa shape index (κ2) is 8.14. The van der Waals surface area contributed by atoms with Gasteiger partial charge in [-0.05, 0) is 56.7 Å². The van der Waals surface area contributed by atoms with Crippen LogP contribution in [0.2, 0.25) is 0 Å². The molecule has 5 nitrogen and oxygen atoms in total. The minimum atomic E-state index is 0. The molecule has 1 aromatic heterocycles. The Morgan fingerprint density at radius 3 is 2.73 bits per heavy atom. The van der Waals surface area contributed by atoms with Crippen molar-refractivity contribution in [3.05, 3.63) is 42.4 Å². The van der Waals surface area contributed by atoms with Gasteiger partial charge in [0.05, 0.1) is 5.69 Å². The molecule has 0 radical (unpaired) electrons. The van der Waals surface area contributed by atoms with Gasteiger partial charge in [-0.2, -0.15) is 0 Å². The number of aryl methyl sites for hydroxylation is 1. The summed E-state index contributed by atoms with van der Waals surface area (Å²) >= 11 is 0. The fourth-order valence-electron chi connectivity index (χ4n) is 4.19. The fourth-order valence-corrected chi connectivity index (χ4v) is 4.19. The molecular weight excluding hydrogens is 348 g/mol.